The summed E-state index contributed by atoms with van der Waals surface area (Å²) in [6.07, 6.45) is 1.37. The number of hydrogen-bond donors (Lipinski definition) is 0. The minimum absolute atomic E-state index is 0.250. The van der Waals surface area contributed by atoms with Crippen molar-refractivity contribution in [3.05, 3.63) is 95.3 Å². The van der Waals surface area contributed by atoms with Gasteiger partial charge in [-0.15, -0.1) is 0 Å². The molecular formula is C28H27F3N2. The molecule has 1 heterocycles. The molecule has 1 aromatic heterocycles. The molecule has 3 aromatic carbocycles. The van der Waals surface area contributed by atoms with E-state index in [2.05, 4.69) is 47.7 Å². The van der Waals surface area contributed by atoms with Gasteiger partial charge < -0.3 is 0 Å². The zero-order valence-corrected chi connectivity index (χ0v) is 19.2. The zero-order chi connectivity index (χ0) is 23.8. The largest absolute Gasteiger partial charge is 0.397 e. The molecule has 0 spiro atoms. The van der Waals surface area contributed by atoms with Crippen LogP contribution in [0.25, 0.3) is 28.9 Å². The number of hydrogen-bond acceptors (Lipinski definition) is 1. The molecule has 170 valence electrons. The van der Waals surface area contributed by atoms with Crippen LogP contribution in [0.3, 0.4) is 0 Å². The van der Waals surface area contributed by atoms with Crippen LogP contribution in [0.2, 0.25) is 0 Å². The highest BCUT2D eigenvalue weighted by Gasteiger charge is 2.48. The third-order valence-corrected chi connectivity index (χ3v) is 6.22. The smallest absolute Gasteiger partial charge is 0.299 e. The van der Waals surface area contributed by atoms with Gasteiger partial charge >= 0.3 is 6.18 Å². The monoisotopic (exact) mass is 448 g/mol. The van der Waals surface area contributed by atoms with Crippen LogP contribution in [-0.2, 0) is 5.41 Å². The summed E-state index contributed by atoms with van der Waals surface area (Å²) >= 11 is 0. The standard InChI is InChI=1S/C28H27F3N2/c1-19(2)22-10-14-24(15-11-22)33-18-32-25-17-21(9-16-26(25)33)6-5-20-7-12-23(13-8-20)27(3,4)28(29,30)31/h5-19H,1-4H3/b6-5-. The first-order chi connectivity index (χ1) is 15.6. The van der Waals surface area contributed by atoms with Gasteiger partial charge in [-0.3, -0.25) is 4.57 Å². The number of fused-ring (bicyclic) bond motifs is 1. The summed E-state index contributed by atoms with van der Waals surface area (Å²) in [4.78, 5) is 4.55. The molecule has 4 aromatic rings. The van der Waals surface area contributed by atoms with Gasteiger partial charge in [0.05, 0.1) is 16.4 Å². The minimum atomic E-state index is -4.29. The Bertz CT molecular complexity index is 1280. The number of rotatable bonds is 5. The van der Waals surface area contributed by atoms with Gasteiger partial charge in [0.1, 0.15) is 6.33 Å². The second kappa shape index (κ2) is 8.54. The zero-order valence-electron chi connectivity index (χ0n) is 19.2. The Morgan fingerprint density at radius 2 is 1.42 bits per heavy atom. The maximum Gasteiger partial charge on any atom is 0.397 e. The summed E-state index contributed by atoms with van der Waals surface area (Å²) < 4.78 is 41.8. The number of aromatic nitrogens is 2. The lowest BCUT2D eigenvalue weighted by atomic mass is 9.83. The number of nitrogens with zero attached hydrogens (tertiary/aromatic N) is 2. The van der Waals surface area contributed by atoms with Gasteiger partial charge in [-0.05, 0) is 66.3 Å². The first-order valence-electron chi connectivity index (χ1n) is 11.0. The summed E-state index contributed by atoms with van der Waals surface area (Å²) in [6.45, 7) is 6.75. The first-order valence-corrected chi connectivity index (χ1v) is 11.0. The second-order valence-corrected chi connectivity index (χ2v) is 9.19. The van der Waals surface area contributed by atoms with Gasteiger partial charge in [0.15, 0.2) is 0 Å². The Morgan fingerprint density at radius 1 is 0.818 bits per heavy atom. The lowest BCUT2D eigenvalue weighted by Crippen LogP contribution is -2.36. The van der Waals surface area contributed by atoms with E-state index in [4.69, 9.17) is 0 Å². The van der Waals surface area contributed by atoms with Crippen LogP contribution in [0.4, 0.5) is 13.2 Å². The highest BCUT2D eigenvalue weighted by Crippen LogP contribution is 2.40. The van der Waals surface area contributed by atoms with E-state index < -0.39 is 11.6 Å². The lowest BCUT2D eigenvalue weighted by Gasteiger charge is -2.28. The van der Waals surface area contributed by atoms with Crippen LogP contribution in [0.15, 0.2) is 73.1 Å². The highest BCUT2D eigenvalue weighted by molar-refractivity contribution is 5.82. The molecule has 5 heteroatoms. The van der Waals surface area contributed by atoms with Crippen LogP contribution in [0, 0.1) is 0 Å². The molecule has 0 aliphatic carbocycles. The quantitative estimate of drug-likeness (QED) is 0.282. The summed E-state index contributed by atoms with van der Waals surface area (Å²) in [5.74, 6) is 0.486. The van der Waals surface area contributed by atoms with Gasteiger partial charge in [-0.1, -0.05) is 68.5 Å². The molecule has 0 atom stereocenters. The van der Waals surface area contributed by atoms with Gasteiger partial charge in [0.25, 0.3) is 0 Å². The van der Waals surface area contributed by atoms with E-state index >= 15 is 0 Å². The van der Waals surface area contributed by atoms with Crippen molar-refractivity contribution in [2.45, 2.75) is 45.2 Å². The Balaban J connectivity index is 1.54. The van der Waals surface area contributed by atoms with Crippen LogP contribution in [-0.4, -0.2) is 15.7 Å². The fraction of sp³-hybridized carbons (Fsp3) is 0.250. The predicted molar refractivity (Wildman–Crippen MR) is 130 cm³/mol. The molecule has 0 fully saturated rings. The molecule has 0 N–H and O–H groups in total. The molecule has 33 heavy (non-hydrogen) atoms. The van der Waals surface area contributed by atoms with Gasteiger partial charge in [-0.2, -0.15) is 13.2 Å². The second-order valence-electron chi connectivity index (χ2n) is 9.19. The number of alkyl halides is 3. The van der Waals surface area contributed by atoms with E-state index in [9.17, 15) is 13.2 Å². The fourth-order valence-corrected chi connectivity index (χ4v) is 3.73. The average Bonchev–Trinajstić information content (AvgIpc) is 3.20. The van der Waals surface area contributed by atoms with E-state index in [1.54, 1.807) is 24.3 Å². The van der Waals surface area contributed by atoms with Crippen LogP contribution in [0.5, 0.6) is 0 Å². The molecule has 0 aliphatic rings. The molecule has 0 bridgehead atoms. The summed E-state index contributed by atoms with van der Waals surface area (Å²) in [6, 6.07) is 21.1. The van der Waals surface area contributed by atoms with Crippen molar-refractivity contribution in [2.24, 2.45) is 0 Å². The Morgan fingerprint density at radius 3 is 2.03 bits per heavy atom. The first kappa shape index (κ1) is 22.8. The molecule has 0 radical (unpaired) electrons. The van der Waals surface area contributed by atoms with Crippen LogP contribution < -0.4 is 0 Å². The lowest BCUT2D eigenvalue weighted by molar-refractivity contribution is -0.180. The van der Waals surface area contributed by atoms with Crippen molar-refractivity contribution in [3.63, 3.8) is 0 Å². The van der Waals surface area contributed by atoms with E-state index in [0.717, 1.165) is 27.8 Å². The summed E-state index contributed by atoms with van der Waals surface area (Å²) in [5.41, 5.74) is 4.44. The van der Waals surface area contributed by atoms with E-state index in [1.165, 1.54) is 19.4 Å². The number of benzene rings is 3. The number of imidazole rings is 1. The predicted octanol–water partition coefficient (Wildman–Crippen LogP) is 8.16. The van der Waals surface area contributed by atoms with Crippen molar-refractivity contribution in [1.82, 2.24) is 9.55 Å². The van der Waals surface area contributed by atoms with Crippen molar-refractivity contribution in [2.75, 3.05) is 0 Å². The maximum atomic E-state index is 13.3. The van der Waals surface area contributed by atoms with Gasteiger partial charge in [0, 0.05) is 5.69 Å². The Labute approximate surface area is 192 Å². The molecular weight excluding hydrogens is 421 g/mol. The highest BCUT2D eigenvalue weighted by atomic mass is 19.4. The van der Waals surface area contributed by atoms with Crippen molar-refractivity contribution in [3.8, 4) is 5.69 Å². The van der Waals surface area contributed by atoms with E-state index in [0.29, 0.717) is 5.92 Å². The number of halogens is 3. The molecule has 0 unspecified atom stereocenters. The van der Waals surface area contributed by atoms with Gasteiger partial charge in [-0.25, -0.2) is 4.98 Å². The Kier molecular flexibility index (Phi) is 5.91. The normalized spacial score (nSPS) is 12.8. The van der Waals surface area contributed by atoms with Crippen LogP contribution >= 0.6 is 0 Å². The maximum absolute atomic E-state index is 13.3. The van der Waals surface area contributed by atoms with Crippen molar-refractivity contribution >= 4 is 23.2 Å². The van der Waals surface area contributed by atoms with Crippen molar-refractivity contribution < 1.29 is 13.2 Å². The van der Waals surface area contributed by atoms with E-state index in [1.807, 2.05) is 36.7 Å². The third-order valence-electron chi connectivity index (χ3n) is 6.22. The van der Waals surface area contributed by atoms with Crippen molar-refractivity contribution in [1.29, 1.82) is 0 Å². The van der Waals surface area contributed by atoms with Crippen LogP contribution in [0.1, 0.15) is 55.9 Å². The minimum Gasteiger partial charge on any atom is -0.299 e. The fourth-order valence-electron chi connectivity index (χ4n) is 3.73. The third kappa shape index (κ3) is 4.58. The molecule has 0 amide bonds. The van der Waals surface area contributed by atoms with Gasteiger partial charge in [0.2, 0.25) is 0 Å². The summed E-state index contributed by atoms with van der Waals surface area (Å²) in [5, 5.41) is 0. The molecule has 0 saturated heterocycles. The van der Waals surface area contributed by atoms with E-state index in [-0.39, 0.29) is 5.56 Å². The molecule has 0 saturated carbocycles. The summed E-state index contributed by atoms with van der Waals surface area (Å²) in [7, 11) is 0. The molecule has 2 nitrogen and oxygen atoms in total. The molecule has 4 rings (SSSR count). The average molecular weight is 449 g/mol. The SMILES string of the molecule is CC(C)c1ccc(-n2cnc3cc(/C=C\c4ccc(C(C)(C)C(F)(F)F)cc4)ccc32)cc1. The Hall–Kier alpha value is -3.34. The topological polar surface area (TPSA) is 17.8 Å². The molecule has 0 aliphatic heterocycles.